The second-order valence-corrected chi connectivity index (χ2v) is 8.40. The zero-order valence-electron chi connectivity index (χ0n) is 15.9. The summed E-state index contributed by atoms with van der Waals surface area (Å²) in [7, 11) is 3.63. The van der Waals surface area contributed by atoms with Crippen LogP contribution in [-0.4, -0.2) is 58.0 Å². The molecule has 6 heteroatoms. The summed E-state index contributed by atoms with van der Waals surface area (Å²) in [6.07, 6.45) is 6.74. The van der Waals surface area contributed by atoms with E-state index < -0.39 is 10.0 Å². The zero-order chi connectivity index (χ0) is 18.8. The lowest BCUT2D eigenvalue weighted by molar-refractivity contribution is -0.128. The molecular weight excluding hydrogens is 324 g/mol. The van der Waals surface area contributed by atoms with Gasteiger partial charge in [-0.25, -0.2) is 12.7 Å². The van der Waals surface area contributed by atoms with Crippen LogP contribution in [-0.2, 0) is 27.7 Å². The van der Waals surface area contributed by atoms with E-state index in [0.29, 0.717) is 6.42 Å². The number of sulfonamides is 1. The van der Waals surface area contributed by atoms with E-state index in [9.17, 15) is 13.2 Å². The Hall–Kier alpha value is -1.40. The molecule has 0 aliphatic heterocycles. The van der Waals surface area contributed by atoms with Crippen molar-refractivity contribution in [2.45, 2.75) is 39.0 Å². The fourth-order valence-corrected chi connectivity index (χ4v) is 1.95. The lowest BCUT2D eigenvalue weighted by Crippen LogP contribution is -2.20. The van der Waals surface area contributed by atoms with Crippen LogP contribution in [0.2, 0.25) is 0 Å². The molecule has 1 aliphatic rings. The monoisotopic (exact) mass is 356 g/mol. The van der Waals surface area contributed by atoms with Crippen LogP contribution in [0.5, 0.6) is 0 Å². The third kappa shape index (κ3) is 9.67. The van der Waals surface area contributed by atoms with Gasteiger partial charge in [-0.15, -0.1) is 0 Å². The summed E-state index contributed by atoms with van der Waals surface area (Å²) in [5.74, 6) is 0.215. The molecule has 1 aromatic carbocycles. The number of benzene rings is 1. The molecule has 5 nitrogen and oxygen atoms in total. The van der Waals surface area contributed by atoms with Crippen molar-refractivity contribution in [1.29, 1.82) is 0 Å². The topological polar surface area (TPSA) is 57.7 Å². The Morgan fingerprint density at radius 3 is 1.71 bits per heavy atom. The number of carbonyl (C=O) groups is 1. The molecule has 1 aliphatic carbocycles. The predicted octanol–water partition coefficient (Wildman–Crippen LogP) is 2.56. The van der Waals surface area contributed by atoms with Crippen LogP contribution in [0.25, 0.3) is 0 Å². The van der Waals surface area contributed by atoms with Gasteiger partial charge in [-0.05, 0) is 36.8 Å². The molecule has 0 spiro atoms. The number of fused-ring (bicyclic) bond motifs is 1. The summed E-state index contributed by atoms with van der Waals surface area (Å²) >= 11 is 0. The Kier molecular flexibility index (Phi) is 10.6. The SMILES string of the molecule is CCCC(=O)N(C)C.CN(C)S(C)(=O)=O.c1ccc2c(c1)CCC2. The molecule has 0 heterocycles. The first-order valence-electron chi connectivity index (χ1n) is 8.24. The second kappa shape index (κ2) is 11.2. The largest absolute Gasteiger partial charge is 0.349 e. The molecule has 138 valence electrons. The maximum Gasteiger partial charge on any atom is 0.222 e. The highest BCUT2D eigenvalue weighted by atomic mass is 32.2. The molecule has 0 saturated carbocycles. The molecular formula is C18H32N2O3S. The third-order valence-corrected chi connectivity index (χ3v) is 4.96. The van der Waals surface area contributed by atoms with E-state index >= 15 is 0 Å². The molecule has 0 bridgehead atoms. The number of aryl methyl sites for hydroxylation is 2. The standard InChI is InChI=1S/C9H10.C6H13NO.C3H9NO2S/c1-2-5-9-7-3-6-8(9)4-1;1-4-5-6(8)7(2)3;1-4(2)7(3,5)6/h1-2,4-5H,3,6-7H2;4-5H2,1-3H3;1-3H3. The highest BCUT2D eigenvalue weighted by molar-refractivity contribution is 7.88. The van der Waals surface area contributed by atoms with Gasteiger partial charge in [0.15, 0.2) is 0 Å². The molecule has 0 unspecified atom stereocenters. The molecule has 0 aromatic heterocycles. The van der Waals surface area contributed by atoms with Crippen LogP contribution in [0.1, 0.15) is 37.3 Å². The minimum Gasteiger partial charge on any atom is -0.349 e. The van der Waals surface area contributed by atoms with Crippen LogP contribution in [0.3, 0.4) is 0 Å². The smallest absolute Gasteiger partial charge is 0.222 e. The van der Waals surface area contributed by atoms with E-state index in [4.69, 9.17) is 0 Å². The van der Waals surface area contributed by atoms with Crippen molar-refractivity contribution in [3.63, 3.8) is 0 Å². The first-order chi connectivity index (χ1) is 11.1. The number of carbonyl (C=O) groups excluding carboxylic acids is 1. The molecule has 0 fully saturated rings. The molecule has 0 atom stereocenters. The summed E-state index contributed by atoms with van der Waals surface area (Å²) in [4.78, 5) is 12.3. The molecule has 1 amide bonds. The Morgan fingerprint density at radius 2 is 1.46 bits per heavy atom. The minimum atomic E-state index is -2.91. The van der Waals surface area contributed by atoms with Gasteiger partial charge in [-0.3, -0.25) is 4.79 Å². The van der Waals surface area contributed by atoms with Crippen LogP contribution in [0.15, 0.2) is 24.3 Å². The van der Waals surface area contributed by atoms with E-state index in [0.717, 1.165) is 17.0 Å². The summed E-state index contributed by atoms with van der Waals surface area (Å²) in [5, 5.41) is 0. The van der Waals surface area contributed by atoms with Crippen molar-refractivity contribution in [2.24, 2.45) is 0 Å². The lowest BCUT2D eigenvalue weighted by atomic mass is 10.1. The first-order valence-corrected chi connectivity index (χ1v) is 10.1. The first kappa shape index (κ1) is 22.6. The van der Waals surface area contributed by atoms with E-state index in [-0.39, 0.29) is 5.91 Å². The summed E-state index contributed by atoms with van der Waals surface area (Å²) in [6, 6.07) is 8.74. The van der Waals surface area contributed by atoms with Crippen molar-refractivity contribution >= 4 is 15.9 Å². The Balaban J connectivity index is 0.000000335. The Labute approximate surface area is 147 Å². The highest BCUT2D eigenvalue weighted by Crippen LogP contribution is 2.20. The van der Waals surface area contributed by atoms with E-state index in [1.165, 1.54) is 33.4 Å². The molecule has 0 radical (unpaired) electrons. The van der Waals surface area contributed by atoms with Gasteiger partial charge in [0, 0.05) is 34.6 Å². The van der Waals surface area contributed by atoms with Crippen LogP contribution in [0, 0.1) is 0 Å². The number of hydrogen-bond acceptors (Lipinski definition) is 3. The fraction of sp³-hybridized carbons (Fsp3) is 0.611. The number of nitrogens with zero attached hydrogens (tertiary/aromatic N) is 2. The predicted molar refractivity (Wildman–Crippen MR) is 101 cm³/mol. The maximum absolute atomic E-state index is 10.7. The van der Waals surface area contributed by atoms with Crippen molar-refractivity contribution < 1.29 is 13.2 Å². The highest BCUT2D eigenvalue weighted by Gasteiger charge is 2.07. The van der Waals surface area contributed by atoms with Gasteiger partial charge in [0.2, 0.25) is 15.9 Å². The van der Waals surface area contributed by atoms with Crippen molar-refractivity contribution in [3.05, 3.63) is 35.4 Å². The Morgan fingerprint density at radius 1 is 1.04 bits per heavy atom. The third-order valence-electron chi connectivity index (χ3n) is 3.64. The van der Waals surface area contributed by atoms with Crippen molar-refractivity contribution in [2.75, 3.05) is 34.4 Å². The average molecular weight is 357 g/mol. The van der Waals surface area contributed by atoms with Gasteiger partial charge in [0.1, 0.15) is 0 Å². The normalized spacial score (nSPS) is 12.5. The minimum absolute atomic E-state index is 0.215. The van der Waals surface area contributed by atoms with Crippen molar-refractivity contribution in [1.82, 2.24) is 9.21 Å². The van der Waals surface area contributed by atoms with E-state index in [1.807, 2.05) is 6.92 Å². The molecule has 1 aromatic rings. The van der Waals surface area contributed by atoms with Gasteiger partial charge in [-0.2, -0.15) is 0 Å². The maximum atomic E-state index is 10.7. The molecule has 2 rings (SSSR count). The fourth-order valence-electron chi connectivity index (χ4n) is 1.95. The van der Waals surface area contributed by atoms with Gasteiger partial charge in [0.25, 0.3) is 0 Å². The molecule has 0 saturated heterocycles. The van der Waals surface area contributed by atoms with Gasteiger partial charge in [-0.1, -0.05) is 31.2 Å². The van der Waals surface area contributed by atoms with Crippen LogP contribution in [0.4, 0.5) is 0 Å². The average Bonchev–Trinajstić information content (AvgIpc) is 2.96. The van der Waals surface area contributed by atoms with Gasteiger partial charge in [0.05, 0.1) is 6.26 Å². The quantitative estimate of drug-likeness (QED) is 0.836. The summed E-state index contributed by atoms with van der Waals surface area (Å²) in [5.41, 5.74) is 3.13. The molecule has 24 heavy (non-hydrogen) atoms. The van der Waals surface area contributed by atoms with E-state index in [2.05, 4.69) is 24.3 Å². The summed E-state index contributed by atoms with van der Waals surface area (Å²) < 4.78 is 21.7. The number of amides is 1. The van der Waals surface area contributed by atoms with Gasteiger partial charge >= 0.3 is 0 Å². The Bertz CT molecular complexity index is 573. The van der Waals surface area contributed by atoms with E-state index in [1.54, 1.807) is 30.1 Å². The summed E-state index contributed by atoms with van der Waals surface area (Å²) in [6.45, 7) is 2.00. The van der Waals surface area contributed by atoms with Crippen LogP contribution < -0.4 is 0 Å². The lowest BCUT2D eigenvalue weighted by Gasteiger charge is -2.07. The molecule has 0 N–H and O–H groups in total. The number of hydrogen-bond donors (Lipinski definition) is 0. The second-order valence-electron chi connectivity index (χ2n) is 6.21. The van der Waals surface area contributed by atoms with Crippen LogP contribution >= 0.6 is 0 Å². The number of rotatable bonds is 3. The van der Waals surface area contributed by atoms with Crippen molar-refractivity contribution in [3.8, 4) is 0 Å². The zero-order valence-corrected chi connectivity index (χ0v) is 16.7. The van der Waals surface area contributed by atoms with Gasteiger partial charge < -0.3 is 4.90 Å².